The van der Waals surface area contributed by atoms with Crippen molar-refractivity contribution in [2.75, 3.05) is 0 Å². The van der Waals surface area contributed by atoms with Crippen molar-refractivity contribution in [1.29, 1.82) is 0 Å². The molecule has 1 aromatic carbocycles. The lowest BCUT2D eigenvalue weighted by Crippen LogP contribution is -2.47. The largest absolute Gasteiger partial charge is 0.506 e. The van der Waals surface area contributed by atoms with Crippen molar-refractivity contribution in [1.82, 2.24) is 0 Å². The smallest absolute Gasteiger partial charge is 0.348 e. The first-order valence-electron chi connectivity index (χ1n) is 7.27. The third kappa shape index (κ3) is 3.23. The minimum atomic E-state index is -1.12. The average Bonchev–Trinajstić information content (AvgIpc) is 2.48. The van der Waals surface area contributed by atoms with E-state index in [2.05, 4.69) is 15.9 Å². The highest BCUT2D eigenvalue weighted by Gasteiger charge is 2.46. The second-order valence-electron chi connectivity index (χ2n) is 5.63. The third-order valence-corrected chi connectivity index (χ3v) is 4.72. The molecular weight excluding hydrogens is 388 g/mol. The van der Waals surface area contributed by atoms with Gasteiger partial charge in [0.05, 0.1) is 5.02 Å². The molecule has 1 saturated heterocycles. The van der Waals surface area contributed by atoms with E-state index in [0.717, 1.165) is 19.3 Å². The van der Waals surface area contributed by atoms with Crippen LogP contribution in [0.1, 0.15) is 37.7 Å². The van der Waals surface area contributed by atoms with Crippen LogP contribution < -0.4 is 0 Å². The van der Waals surface area contributed by atoms with Gasteiger partial charge in [-0.1, -0.05) is 34.0 Å². The minimum Gasteiger partial charge on any atom is -0.506 e. The molecule has 0 unspecified atom stereocenters. The van der Waals surface area contributed by atoms with Gasteiger partial charge in [0.25, 0.3) is 5.79 Å². The predicted molar refractivity (Wildman–Crippen MR) is 86.8 cm³/mol. The molecule has 1 heterocycles. The Hall–Kier alpha value is -1.53. The van der Waals surface area contributed by atoms with Crippen molar-refractivity contribution in [3.63, 3.8) is 0 Å². The summed E-state index contributed by atoms with van der Waals surface area (Å²) < 4.78 is 11.4. The second kappa shape index (κ2) is 6.17. The van der Waals surface area contributed by atoms with Gasteiger partial charge < -0.3 is 14.6 Å². The van der Waals surface area contributed by atoms with Gasteiger partial charge in [0.2, 0.25) is 0 Å². The van der Waals surface area contributed by atoms with Crippen LogP contribution in [0.3, 0.4) is 0 Å². The van der Waals surface area contributed by atoms with Gasteiger partial charge in [0, 0.05) is 22.9 Å². The fourth-order valence-corrected chi connectivity index (χ4v) is 3.65. The number of hydrogen-bond donors (Lipinski definition) is 1. The van der Waals surface area contributed by atoms with Gasteiger partial charge in [0.1, 0.15) is 11.3 Å². The van der Waals surface area contributed by atoms with Crippen molar-refractivity contribution >= 4 is 45.5 Å². The molecule has 2 aliphatic rings. The molecule has 1 aliphatic carbocycles. The van der Waals surface area contributed by atoms with Crippen molar-refractivity contribution in [3.05, 3.63) is 32.8 Å². The maximum atomic E-state index is 12.2. The Morgan fingerprint density at radius 2 is 1.74 bits per heavy atom. The van der Waals surface area contributed by atoms with Gasteiger partial charge in [-0.2, -0.15) is 0 Å². The molecule has 1 saturated carbocycles. The first-order chi connectivity index (χ1) is 10.9. The molecule has 122 valence electrons. The van der Waals surface area contributed by atoms with Crippen LogP contribution in [0.25, 0.3) is 6.08 Å². The number of phenolic OH excluding ortho intramolecular Hbond substituents is 1. The molecule has 1 spiro atoms. The fourth-order valence-electron chi connectivity index (χ4n) is 2.82. The van der Waals surface area contributed by atoms with E-state index in [1.807, 2.05) is 0 Å². The summed E-state index contributed by atoms with van der Waals surface area (Å²) in [5, 5.41) is 10.1. The molecule has 1 aromatic rings. The lowest BCUT2D eigenvalue weighted by Gasteiger charge is -2.38. The summed E-state index contributed by atoms with van der Waals surface area (Å²) in [7, 11) is 0. The zero-order valence-corrected chi connectivity index (χ0v) is 14.4. The molecule has 5 nitrogen and oxygen atoms in total. The Morgan fingerprint density at radius 1 is 1.13 bits per heavy atom. The Morgan fingerprint density at radius 3 is 2.35 bits per heavy atom. The SMILES string of the molecule is O=C1OC2(CCCCC2)OC(=O)C1=Cc1cc(Br)cc(Cl)c1O. The van der Waals surface area contributed by atoms with E-state index in [1.54, 1.807) is 6.07 Å². The summed E-state index contributed by atoms with van der Waals surface area (Å²) in [4.78, 5) is 24.5. The van der Waals surface area contributed by atoms with Crippen LogP contribution in [0.2, 0.25) is 5.02 Å². The molecule has 2 fully saturated rings. The Kier molecular flexibility index (Phi) is 4.38. The molecule has 3 rings (SSSR count). The molecule has 1 N–H and O–H groups in total. The lowest BCUT2D eigenvalue weighted by atomic mass is 9.93. The quantitative estimate of drug-likeness (QED) is 0.438. The monoisotopic (exact) mass is 400 g/mol. The van der Waals surface area contributed by atoms with E-state index in [4.69, 9.17) is 21.1 Å². The molecule has 0 radical (unpaired) electrons. The average molecular weight is 402 g/mol. The topological polar surface area (TPSA) is 72.8 Å². The second-order valence-corrected chi connectivity index (χ2v) is 6.96. The number of carbonyl (C=O) groups excluding carboxylic acids is 2. The maximum absolute atomic E-state index is 12.2. The molecule has 7 heteroatoms. The minimum absolute atomic E-state index is 0.104. The number of carbonyl (C=O) groups is 2. The van der Waals surface area contributed by atoms with Gasteiger partial charge in [-0.05, 0) is 31.1 Å². The summed E-state index contributed by atoms with van der Waals surface area (Å²) >= 11 is 9.13. The number of hydrogen-bond acceptors (Lipinski definition) is 5. The predicted octanol–water partition coefficient (Wildman–Crippen LogP) is 3.95. The summed E-state index contributed by atoms with van der Waals surface area (Å²) in [6.45, 7) is 0. The molecule has 0 aromatic heterocycles. The Labute approximate surface area is 146 Å². The number of ether oxygens (including phenoxy) is 2. The van der Waals surface area contributed by atoms with Crippen molar-refractivity contribution in [3.8, 4) is 5.75 Å². The number of rotatable bonds is 1. The van der Waals surface area contributed by atoms with E-state index in [0.29, 0.717) is 17.3 Å². The molecule has 1 aliphatic heterocycles. The summed E-state index contributed by atoms with van der Waals surface area (Å²) in [6.07, 6.45) is 5.00. The van der Waals surface area contributed by atoms with E-state index in [-0.39, 0.29) is 21.9 Å². The van der Waals surface area contributed by atoms with Crippen LogP contribution in [0.15, 0.2) is 22.2 Å². The molecule has 0 bridgehead atoms. The van der Waals surface area contributed by atoms with Crippen LogP contribution in [0.5, 0.6) is 5.75 Å². The Balaban J connectivity index is 1.92. The number of aromatic hydroxyl groups is 1. The lowest BCUT2D eigenvalue weighted by molar-refractivity contribution is -0.244. The first-order valence-corrected chi connectivity index (χ1v) is 8.44. The molecular formula is C16H14BrClO5. The summed E-state index contributed by atoms with van der Waals surface area (Å²) in [5.41, 5.74) is -0.0291. The van der Waals surface area contributed by atoms with Crippen LogP contribution in [0, 0.1) is 0 Å². The first kappa shape index (κ1) is 16.3. The van der Waals surface area contributed by atoms with E-state index >= 15 is 0 Å². The molecule has 0 amide bonds. The van der Waals surface area contributed by atoms with Gasteiger partial charge in [-0.15, -0.1) is 0 Å². The van der Waals surface area contributed by atoms with Crippen LogP contribution in [0.4, 0.5) is 0 Å². The van der Waals surface area contributed by atoms with Gasteiger partial charge in [-0.3, -0.25) is 0 Å². The fraction of sp³-hybridized carbons (Fsp3) is 0.375. The molecule has 23 heavy (non-hydrogen) atoms. The van der Waals surface area contributed by atoms with Crippen molar-refractivity contribution in [2.24, 2.45) is 0 Å². The van der Waals surface area contributed by atoms with Crippen LogP contribution in [-0.2, 0) is 19.1 Å². The van der Waals surface area contributed by atoms with Crippen LogP contribution in [-0.4, -0.2) is 22.8 Å². The standard InChI is InChI=1S/C16H14BrClO5/c17-10-6-9(13(19)12(18)8-10)7-11-14(20)22-16(23-15(11)21)4-2-1-3-5-16/h6-8,19H,1-5H2. The van der Waals surface area contributed by atoms with E-state index < -0.39 is 17.7 Å². The highest BCUT2D eigenvalue weighted by atomic mass is 79.9. The third-order valence-electron chi connectivity index (χ3n) is 3.97. The van der Waals surface area contributed by atoms with E-state index in [1.165, 1.54) is 12.1 Å². The number of phenols is 1. The summed E-state index contributed by atoms with van der Waals surface area (Å²) in [6, 6.07) is 3.05. The van der Waals surface area contributed by atoms with Crippen LogP contribution >= 0.6 is 27.5 Å². The Bertz CT molecular complexity index is 685. The van der Waals surface area contributed by atoms with Crippen molar-refractivity contribution < 1.29 is 24.2 Å². The zero-order chi connectivity index (χ0) is 16.6. The zero-order valence-electron chi connectivity index (χ0n) is 12.1. The highest BCUT2D eigenvalue weighted by Crippen LogP contribution is 2.38. The normalized spacial score (nSPS) is 20.2. The van der Waals surface area contributed by atoms with Gasteiger partial charge in [-0.25, -0.2) is 9.59 Å². The highest BCUT2D eigenvalue weighted by molar-refractivity contribution is 9.10. The number of benzene rings is 1. The van der Waals surface area contributed by atoms with Gasteiger partial charge >= 0.3 is 11.9 Å². The van der Waals surface area contributed by atoms with E-state index in [9.17, 15) is 14.7 Å². The maximum Gasteiger partial charge on any atom is 0.348 e. The summed E-state index contributed by atoms with van der Waals surface area (Å²) in [5.74, 6) is -2.82. The number of halogens is 2. The number of esters is 2. The van der Waals surface area contributed by atoms with Crippen molar-refractivity contribution in [2.45, 2.75) is 37.9 Å². The molecule has 0 atom stereocenters. The van der Waals surface area contributed by atoms with Gasteiger partial charge in [0.15, 0.2) is 0 Å².